The predicted octanol–water partition coefficient (Wildman–Crippen LogP) is 2.26. The van der Waals surface area contributed by atoms with Gasteiger partial charge in [0.25, 0.3) is 0 Å². The Morgan fingerprint density at radius 2 is 2.06 bits per heavy atom. The van der Waals surface area contributed by atoms with Crippen molar-refractivity contribution in [2.75, 3.05) is 18.0 Å². The molecule has 2 aliphatic carbocycles. The van der Waals surface area contributed by atoms with E-state index >= 15 is 0 Å². The summed E-state index contributed by atoms with van der Waals surface area (Å²) in [7, 11) is 0. The third-order valence-corrected chi connectivity index (χ3v) is 7.27. The number of nitrogens with zero attached hydrogens (tertiary/aromatic N) is 7. The molecule has 1 amide bonds. The molecule has 1 spiro atoms. The Morgan fingerprint density at radius 1 is 1.19 bits per heavy atom. The van der Waals surface area contributed by atoms with E-state index in [0.29, 0.717) is 11.1 Å². The molecule has 6 rings (SSSR count). The molecule has 9 nitrogen and oxygen atoms in total. The number of aliphatic imine (C=N–C) groups is 2. The predicted molar refractivity (Wildman–Crippen MR) is 123 cm³/mol. The number of allylic oxidation sites excluding steroid dienone is 1. The van der Waals surface area contributed by atoms with Crippen LogP contribution in [0.5, 0.6) is 0 Å². The number of carbonyl (C=O) groups excluding carboxylic acids is 1. The van der Waals surface area contributed by atoms with Crippen LogP contribution in [-0.2, 0) is 11.3 Å². The van der Waals surface area contributed by atoms with Gasteiger partial charge >= 0.3 is 0 Å². The molecule has 4 aliphatic rings. The van der Waals surface area contributed by atoms with Gasteiger partial charge in [0.15, 0.2) is 5.65 Å². The molecule has 2 fully saturated rings. The molecule has 164 valence electrons. The lowest BCUT2D eigenvalue weighted by Crippen LogP contribution is -2.44. The average Bonchev–Trinajstić information content (AvgIpc) is 3.20. The normalized spacial score (nSPS) is 25.5. The second-order valence-corrected chi connectivity index (χ2v) is 9.25. The van der Waals surface area contributed by atoms with E-state index in [0.717, 1.165) is 30.1 Å². The Balaban J connectivity index is 1.14. The molecular weight excluding hydrogens is 404 g/mol. The first-order valence-corrected chi connectivity index (χ1v) is 11.4. The summed E-state index contributed by atoms with van der Waals surface area (Å²) in [6.07, 6.45) is 19.4. The Bertz CT molecular complexity index is 1160. The van der Waals surface area contributed by atoms with Crippen LogP contribution < -0.4 is 10.2 Å². The molecule has 32 heavy (non-hydrogen) atoms. The lowest BCUT2D eigenvalue weighted by molar-refractivity contribution is -0.121. The Morgan fingerprint density at radius 3 is 2.88 bits per heavy atom. The van der Waals surface area contributed by atoms with Crippen molar-refractivity contribution in [2.24, 2.45) is 21.3 Å². The average molecular weight is 431 g/mol. The van der Waals surface area contributed by atoms with Crippen LogP contribution in [0, 0.1) is 11.3 Å². The fourth-order valence-corrected chi connectivity index (χ4v) is 5.12. The number of piperidine rings is 1. The van der Waals surface area contributed by atoms with E-state index in [4.69, 9.17) is 4.98 Å². The minimum Gasteiger partial charge on any atom is -0.341 e. The highest BCUT2D eigenvalue weighted by Crippen LogP contribution is 2.49. The molecule has 2 aliphatic heterocycles. The standard InChI is InChI=1S/C23H26N8O/c32-20(28-18-3-2-16-11-24-15-26-19(16)10-18)14-31-21-17(13-27-31)12-25-22(29-21)30-8-6-23(7-9-30)4-1-5-23/h2-3,10-13,15-16,19H,1,4-9,14H2,(H,28,32). The largest absolute Gasteiger partial charge is 0.341 e. The topological polar surface area (TPSA) is 101 Å². The van der Waals surface area contributed by atoms with Crippen molar-refractivity contribution < 1.29 is 4.79 Å². The highest BCUT2D eigenvalue weighted by atomic mass is 16.2. The Hall–Kier alpha value is -3.36. The number of rotatable bonds is 4. The number of carbonyl (C=O) groups is 1. The number of hydrogen-bond acceptors (Lipinski definition) is 7. The zero-order chi connectivity index (χ0) is 21.5. The molecule has 0 bridgehead atoms. The van der Waals surface area contributed by atoms with Gasteiger partial charge in [-0.05, 0) is 43.3 Å². The van der Waals surface area contributed by atoms with Crippen LogP contribution in [-0.4, -0.2) is 57.3 Å². The maximum Gasteiger partial charge on any atom is 0.246 e. The highest BCUT2D eigenvalue weighted by Gasteiger charge is 2.40. The second-order valence-electron chi connectivity index (χ2n) is 9.25. The number of fused-ring (bicyclic) bond motifs is 2. The van der Waals surface area contributed by atoms with Gasteiger partial charge in [0.2, 0.25) is 11.9 Å². The second kappa shape index (κ2) is 7.65. The van der Waals surface area contributed by atoms with Gasteiger partial charge < -0.3 is 10.2 Å². The molecule has 1 saturated carbocycles. The monoisotopic (exact) mass is 430 g/mol. The molecule has 2 aromatic rings. The number of nitrogens with one attached hydrogen (secondary N) is 1. The van der Waals surface area contributed by atoms with Gasteiger partial charge in [0.05, 0.1) is 17.6 Å². The van der Waals surface area contributed by atoms with Crippen molar-refractivity contribution >= 4 is 35.4 Å². The fourth-order valence-electron chi connectivity index (χ4n) is 5.12. The summed E-state index contributed by atoms with van der Waals surface area (Å²) in [6.45, 7) is 2.08. The van der Waals surface area contributed by atoms with Crippen molar-refractivity contribution in [3.63, 3.8) is 0 Å². The maximum absolute atomic E-state index is 12.7. The third kappa shape index (κ3) is 3.51. The fraction of sp³-hybridized carbons (Fsp3) is 0.478. The maximum atomic E-state index is 12.7. The van der Waals surface area contributed by atoms with Crippen molar-refractivity contribution in [1.82, 2.24) is 25.1 Å². The van der Waals surface area contributed by atoms with E-state index in [9.17, 15) is 4.79 Å². The number of aromatic nitrogens is 4. The molecule has 0 aromatic carbocycles. The van der Waals surface area contributed by atoms with E-state index in [-0.39, 0.29) is 24.4 Å². The van der Waals surface area contributed by atoms with Crippen LogP contribution in [0.4, 0.5) is 5.95 Å². The number of amides is 1. The Labute approximate surface area is 186 Å². The van der Waals surface area contributed by atoms with Gasteiger partial charge in [0.1, 0.15) is 12.9 Å². The summed E-state index contributed by atoms with van der Waals surface area (Å²) in [6, 6.07) is -0.0164. The highest BCUT2D eigenvalue weighted by molar-refractivity contribution is 5.82. The van der Waals surface area contributed by atoms with Gasteiger partial charge in [0, 0.05) is 37.1 Å². The molecular formula is C23H26N8O. The van der Waals surface area contributed by atoms with E-state index < -0.39 is 0 Å². The van der Waals surface area contributed by atoms with E-state index in [1.54, 1.807) is 17.2 Å². The molecule has 9 heteroatoms. The van der Waals surface area contributed by atoms with Gasteiger partial charge in [-0.15, -0.1) is 0 Å². The minimum absolute atomic E-state index is 0.0164. The molecule has 2 atom stereocenters. The molecule has 2 aromatic heterocycles. The van der Waals surface area contributed by atoms with Gasteiger partial charge in [-0.25, -0.2) is 14.7 Å². The van der Waals surface area contributed by atoms with E-state index in [1.807, 2.05) is 30.6 Å². The molecule has 0 radical (unpaired) electrons. The van der Waals surface area contributed by atoms with Gasteiger partial charge in [-0.3, -0.25) is 9.79 Å². The van der Waals surface area contributed by atoms with E-state index in [1.165, 1.54) is 32.1 Å². The van der Waals surface area contributed by atoms with Crippen molar-refractivity contribution in [3.8, 4) is 0 Å². The first-order valence-electron chi connectivity index (χ1n) is 11.4. The van der Waals surface area contributed by atoms with Crippen LogP contribution >= 0.6 is 0 Å². The summed E-state index contributed by atoms with van der Waals surface area (Å²) in [4.78, 5) is 32.8. The van der Waals surface area contributed by atoms with Gasteiger partial charge in [-0.2, -0.15) is 10.1 Å². The molecule has 1 N–H and O–H groups in total. The zero-order valence-electron chi connectivity index (χ0n) is 17.9. The molecule has 1 saturated heterocycles. The summed E-state index contributed by atoms with van der Waals surface area (Å²) in [5.41, 5.74) is 2.02. The SMILES string of the molecule is O=C(Cn1ncc2cnc(N3CCC4(CCC4)CC3)nc21)NC1=CC2N=CN=CC2C=C1. The van der Waals surface area contributed by atoms with Crippen LogP contribution in [0.1, 0.15) is 32.1 Å². The summed E-state index contributed by atoms with van der Waals surface area (Å²) >= 11 is 0. The molecule has 4 heterocycles. The first-order chi connectivity index (χ1) is 15.7. The van der Waals surface area contributed by atoms with Gasteiger partial charge in [-0.1, -0.05) is 12.5 Å². The van der Waals surface area contributed by atoms with Crippen LogP contribution in [0.2, 0.25) is 0 Å². The van der Waals surface area contributed by atoms with E-state index in [2.05, 4.69) is 30.3 Å². The quantitative estimate of drug-likeness (QED) is 0.802. The minimum atomic E-state index is -0.150. The zero-order valence-corrected chi connectivity index (χ0v) is 17.9. The Kier molecular flexibility index (Phi) is 4.62. The molecule has 2 unspecified atom stereocenters. The lowest BCUT2D eigenvalue weighted by atomic mass is 9.63. The summed E-state index contributed by atoms with van der Waals surface area (Å²) < 4.78 is 1.65. The van der Waals surface area contributed by atoms with Crippen LogP contribution in [0.15, 0.2) is 46.3 Å². The third-order valence-electron chi connectivity index (χ3n) is 7.27. The summed E-state index contributed by atoms with van der Waals surface area (Å²) in [5, 5.41) is 8.18. The van der Waals surface area contributed by atoms with Crippen LogP contribution in [0.3, 0.4) is 0 Å². The number of anilines is 1. The smallest absolute Gasteiger partial charge is 0.246 e. The first kappa shape index (κ1) is 19.3. The van der Waals surface area contributed by atoms with Crippen LogP contribution in [0.25, 0.3) is 11.0 Å². The van der Waals surface area contributed by atoms with Crippen molar-refractivity contribution in [3.05, 3.63) is 36.3 Å². The number of hydrogen-bond donors (Lipinski definition) is 1. The van der Waals surface area contributed by atoms with Crippen molar-refractivity contribution in [1.29, 1.82) is 0 Å². The lowest BCUT2D eigenvalue weighted by Gasteiger charge is -2.47. The summed E-state index contributed by atoms with van der Waals surface area (Å²) in [5.74, 6) is 0.734. The van der Waals surface area contributed by atoms with Crippen molar-refractivity contribution in [2.45, 2.75) is 44.7 Å².